The largest absolute Gasteiger partial charge is 0.467 e. The topological polar surface area (TPSA) is 84.1 Å². The third kappa shape index (κ3) is 3.83. The van der Waals surface area contributed by atoms with Gasteiger partial charge in [0.1, 0.15) is 6.04 Å². The monoisotopic (exact) mass is 293 g/mol. The second kappa shape index (κ2) is 6.74. The molecule has 0 aliphatic heterocycles. The van der Waals surface area contributed by atoms with Crippen LogP contribution in [0.15, 0.2) is 12.5 Å². The molecule has 0 saturated heterocycles. The molecule has 6 nitrogen and oxygen atoms in total. The average Bonchev–Trinajstić information content (AvgIpc) is 2.99. The molecule has 1 aromatic heterocycles. The van der Waals surface area contributed by atoms with Crippen molar-refractivity contribution in [2.24, 2.45) is 5.41 Å². The van der Waals surface area contributed by atoms with E-state index in [-0.39, 0.29) is 11.3 Å². The van der Waals surface area contributed by atoms with Gasteiger partial charge in [-0.3, -0.25) is 4.79 Å². The van der Waals surface area contributed by atoms with Crippen molar-refractivity contribution in [1.82, 2.24) is 15.3 Å². The number of aromatic amines is 1. The summed E-state index contributed by atoms with van der Waals surface area (Å²) in [6, 6.07) is -0.679. The van der Waals surface area contributed by atoms with E-state index in [9.17, 15) is 9.59 Å². The number of rotatable bonds is 5. The van der Waals surface area contributed by atoms with Crippen molar-refractivity contribution in [2.75, 3.05) is 7.11 Å². The zero-order chi connectivity index (χ0) is 15.3. The molecule has 1 atom stereocenters. The van der Waals surface area contributed by atoms with E-state index in [0.717, 1.165) is 31.4 Å². The molecule has 6 heteroatoms. The molecule has 0 spiro atoms. The van der Waals surface area contributed by atoms with E-state index in [4.69, 9.17) is 4.74 Å². The first-order valence-electron chi connectivity index (χ1n) is 7.41. The molecule has 116 valence electrons. The van der Waals surface area contributed by atoms with Gasteiger partial charge in [0.15, 0.2) is 0 Å². The number of methoxy groups -OCH3 is 1. The Morgan fingerprint density at radius 1 is 1.43 bits per heavy atom. The minimum absolute atomic E-state index is 0.0582. The highest BCUT2D eigenvalue weighted by Crippen LogP contribution is 2.35. The number of ether oxygens (including phenoxy) is 1. The first-order valence-corrected chi connectivity index (χ1v) is 7.41. The number of esters is 1. The lowest BCUT2D eigenvalue weighted by Gasteiger charge is -2.33. The van der Waals surface area contributed by atoms with Crippen molar-refractivity contribution in [3.8, 4) is 0 Å². The molecule has 1 aromatic rings. The van der Waals surface area contributed by atoms with Crippen molar-refractivity contribution in [3.05, 3.63) is 18.2 Å². The number of carbonyl (C=O) groups excluding carboxylic acids is 2. The Bertz CT molecular complexity index is 478. The fraction of sp³-hybridized carbons (Fsp3) is 0.667. The van der Waals surface area contributed by atoms with E-state index in [0.29, 0.717) is 6.42 Å². The molecule has 1 saturated carbocycles. The molecule has 1 aliphatic carbocycles. The fourth-order valence-electron chi connectivity index (χ4n) is 2.84. The normalized spacial score (nSPS) is 18.8. The quantitative estimate of drug-likeness (QED) is 0.807. The van der Waals surface area contributed by atoms with E-state index >= 15 is 0 Å². The van der Waals surface area contributed by atoms with Crippen molar-refractivity contribution in [2.45, 2.75) is 51.5 Å². The number of nitrogens with one attached hydrogen (secondary N) is 2. The van der Waals surface area contributed by atoms with Gasteiger partial charge in [0.2, 0.25) is 5.91 Å². The summed E-state index contributed by atoms with van der Waals surface area (Å²) in [5.74, 6) is -0.491. The highest BCUT2D eigenvalue weighted by atomic mass is 16.5. The number of imidazole rings is 1. The number of hydrogen-bond acceptors (Lipinski definition) is 4. The summed E-state index contributed by atoms with van der Waals surface area (Å²) >= 11 is 0. The number of carbonyl (C=O) groups is 2. The van der Waals surface area contributed by atoms with Crippen molar-refractivity contribution < 1.29 is 14.3 Å². The molecule has 0 radical (unpaired) electrons. The lowest BCUT2D eigenvalue weighted by molar-refractivity contribution is -0.147. The zero-order valence-corrected chi connectivity index (χ0v) is 12.6. The summed E-state index contributed by atoms with van der Waals surface area (Å²) in [6.07, 6.45) is 8.60. The predicted molar refractivity (Wildman–Crippen MR) is 77.4 cm³/mol. The lowest BCUT2D eigenvalue weighted by Crippen LogP contribution is -2.49. The molecule has 1 fully saturated rings. The first kappa shape index (κ1) is 15.5. The molecule has 0 bridgehead atoms. The fourth-order valence-corrected chi connectivity index (χ4v) is 2.84. The maximum absolute atomic E-state index is 12.5. The molecular weight excluding hydrogens is 270 g/mol. The Morgan fingerprint density at radius 2 is 2.14 bits per heavy atom. The number of H-pyrrole nitrogens is 1. The number of aromatic nitrogens is 2. The maximum atomic E-state index is 12.5. The summed E-state index contributed by atoms with van der Waals surface area (Å²) in [5, 5.41) is 2.85. The summed E-state index contributed by atoms with van der Waals surface area (Å²) < 4.78 is 4.79. The van der Waals surface area contributed by atoms with Crippen molar-refractivity contribution >= 4 is 11.9 Å². The second-order valence-electron chi connectivity index (χ2n) is 5.95. The molecule has 1 amide bonds. The van der Waals surface area contributed by atoms with Crippen LogP contribution in [-0.4, -0.2) is 35.0 Å². The highest BCUT2D eigenvalue weighted by molar-refractivity contribution is 5.88. The third-order valence-electron chi connectivity index (χ3n) is 4.28. The van der Waals surface area contributed by atoms with E-state index in [2.05, 4.69) is 15.3 Å². The van der Waals surface area contributed by atoms with Crippen LogP contribution in [0.25, 0.3) is 0 Å². The van der Waals surface area contributed by atoms with Crippen LogP contribution in [0.4, 0.5) is 0 Å². The zero-order valence-electron chi connectivity index (χ0n) is 12.6. The van der Waals surface area contributed by atoms with Gasteiger partial charge in [-0.05, 0) is 12.8 Å². The van der Waals surface area contributed by atoms with Gasteiger partial charge in [-0.2, -0.15) is 0 Å². The van der Waals surface area contributed by atoms with Crippen LogP contribution in [0, 0.1) is 5.41 Å². The van der Waals surface area contributed by atoms with Crippen molar-refractivity contribution in [1.29, 1.82) is 0 Å². The Morgan fingerprint density at radius 3 is 2.71 bits per heavy atom. The molecule has 0 unspecified atom stereocenters. The van der Waals surface area contributed by atoms with Crippen LogP contribution in [0.5, 0.6) is 0 Å². The van der Waals surface area contributed by atoms with Gasteiger partial charge in [0, 0.05) is 23.7 Å². The minimum Gasteiger partial charge on any atom is -0.467 e. The van der Waals surface area contributed by atoms with Crippen LogP contribution >= 0.6 is 0 Å². The van der Waals surface area contributed by atoms with E-state index in [1.165, 1.54) is 13.5 Å². The van der Waals surface area contributed by atoms with Crippen LogP contribution in [-0.2, 0) is 20.7 Å². The second-order valence-corrected chi connectivity index (χ2v) is 5.95. The van der Waals surface area contributed by atoms with E-state index < -0.39 is 12.0 Å². The summed E-state index contributed by atoms with van der Waals surface area (Å²) in [4.78, 5) is 31.3. The van der Waals surface area contributed by atoms with E-state index in [1.807, 2.05) is 6.92 Å². The van der Waals surface area contributed by atoms with Gasteiger partial charge in [-0.25, -0.2) is 9.78 Å². The number of hydrogen-bond donors (Lipinski definition) is 2. The minimum atomic E-state index is -0.679. The summed E-state index contributed by atoms with van der Waals surface area (Å²) in [5.41, 5.74) is 0.415. The molecule has 21 heavy (non-hydrogen) atoms. The van der Waals surface area contributed by atoms with Crippen LogP contribution in [0.3, 0.4) is 0 Å². The van der Waals surface area contributed by atoms with Crippen LogP contribution < -0.4 is 5.32 Å². The molecular formula is C15H23N3O3. The highest BCUT2D eigenvalue weighted by Gasteiger charge is 2.36. The lowest BCUT2D eigenvalue weighted by atomic mass is 9.75. The summed E-state index contributed by atoms with van der Waals surface area (Å²) in [6.45, 7) is 1.98. The van der Waals surface area contributed by atoms with Crippen LogP contribution in [0.2, 0.25) is 0 Å². The van der Waals surface area contributed by atoms with Gasteiger partial charge in [0.25, 0.3) is 0 Å². The van der Waals surface area contributed by atoms with Gasteiger partial charge in [-0.1, -0.05) is 26.2 Å². The SMILES string of the molecule is COC(=O)[C@H](Cc1cnc[nH]1)NC(=O)C1(C)CCCCC1. The number of amides is 1. The molecule has 1 heterocycles. The standard InChI is InChI=1S/C15H23N3O3/c1-15(6-4-3-5-7-15)14(20)18-12(13(19)21-2)8-11-9-16-10-17-11/h9-10,12H,3-8H2,1-2H3,(H,16,17)(H,18,20)/t12-/m0/s1. The number of nitrogens with zero attached hydrogens (tertiary/aromatic N) is 1. The molecule has 2 N–H and O–H groups in total. The van der Waals surface area contributed by atoms with E-state index in [1.54, 1.807) is 12.5 Å². The van der Waals surface area contributed by atoms with Crippen molar-refractivity contribution in [3.63, 3.8) is 0 Å². The Kier molecular flexibility index (Phi) is 4.98. The first-order chi connectivity index (χ1) is 10.0. The van der Waals surface area contributed by atoms with Gasteiger partial charge < -0.3 is 15.0 Å². The molecule has 1 aliphatic rings. The Balaban J connectivity index is 2.03. The Labute approximate surface area is 124 Å². The molecule has 2 rings (SSSR count). The van der Waals surface area contributed by atoms with Gasteiger partial charge in [0.05, 0.1) is 13.4 Å². The Hall–Kier alpha value is -1.85. The average molecular weight is 293 g/mol. The molecule has 0 aromatic carbocycles. The predicted octanol–water partition coefficient (Wildman–Crippen LogP) is 1.58. The van der Waals surface area contributed by atoms with Gasteiger partial charge in [-0.15, -0.1) is 0 Å². The smallest absolute Gasteiger partial charge is 0.328 e. The summed E-state index contributed by atoms with van der Waals surface area (Å²) in [7, 11) is 1.33. The van der Waals surface area contributed by atoms with Crippen LogP contribution in [0.1, 0.15) is 44.7 Å². The third-order valence-corrected chi connectivity index (χ3v) is 4.28. The maximum Gasteiger partial charge on any atom is 0.328 e. The van der Waals surface area contributed by atoms with Gasteiger partial charge >= 0.3 is 5.97 Å².